The van der Waals surface area contributed by atoms with E-state index in [0.29, 0.717) is 11.5 Å². The molecule has 2 aliphatic heterocycles. The highest BCUT2D eigenvalue weighted by Crippen LogP contribution is 2.31. The van der Waals surface area contributed by atoms with Crippen LogP contribution in [0.1, 0.15) is 6.42 Å². The van der Waals surface area contributed by atoms with E-state index in [9.17, 15) is 19.6 Å². The Bertz CT molecular complexity index is 1500. The average molecular weight is 514 g/mol. The van der Waals surface area contributed by atoms with Crippen molar-refractivity contribution in [2.75, 3.05) is 20.3 Å². The van der Waals surface area contributed by atoms with Gasteiger partial charge < -0.3 is 14.2 Å². The largest absolute Gasteiger partial charge is 0.467 e. The Balaban J connectivity index is 1.34. The maximum atomic E-state index is 12.6. The molecule has 1 unspecified atom stereocenters. The van der Waals surface area contributed by atoms with Crippen molar-refractivity contribution in [3.8, 4) is 23.3 Å². The highest BCUT2D eigenvalue weighted by molar-refractivity contribution is 6.21. The maximum absolute atomic E-state index is 12.6. The third-order valence-corrected chi connectivity index (χ3v) is 6.20. The molecule has 1 saturated heterocycles. The number of urea groups is 1. The molecule has 3 heterocycles. The SMILES string of the molecule is COCCC1(Oc2ccc(Oc3ccc4c(cnn4C4(C#N)C=CC=NC4)c3)cc2)C(=O)NC(=O)NC1=O. The molecule has 2 N–H and O–H groups in total. The number of amides is 4. The number of dihydropyridines is 1. The van der Waals surface area contributed by atoms with Crippen LogP contribution < -0.4 is 20.1 Å². The van der Waals surface area contributed by atoms with Crippen LogP contribution >= 0.6 is 0 Å². The van der Waals surface area contributed by atoms with Gasteiger partial charge in [0.1, 0.15) is 17.2 Å². The van der Waals surface area contributed by atoms with Gasteiger partial charge in [-0.05, 0) is 54.6 Å². The second-order valence-corrected chi connectivity index (χ2v) is 8.64. The normalized spacial score (nSPS) is 20.1. The van der Waals surface area contributed by atoms with Crippen LogP contribution in [0.4, 0.5) is 4.79 Å². The molecule has 4 amide bonds. The number of fused-ring (bicyclic) bond motifs is 1. The monoisotopic (exact) mass is 514 g/mol. The third kappa shape index (κ3) is 4.35. The number of nitriles is 1. The maximum Gasteiger partial charge on any atom is 0.328 e. The molecule has 3 aromatic rings. The van der Waals surface area contributed by atoms with Gasteiger partial charge in [-0.1, -0.05) is 0 Å². The molecule has 12 nitrogen and oxygen atoms in total. The summed E-state index contributed by atoms with van der Waals surface area (Å²) in [6.07, 6.45) is 6.72. The number of rotatable bonds is 8. The van der Waals surface area contributed by atoms with E-state index in [1.54, 1.807) is 65.6 Å². The number of hydrogen-bond donors (Lipinski definition) is 2. The van der Waals surface area contributed by atoms with Crippen molar-refractivity contribution in [2.24, 2.45) is 4.99 Å². The predicted molar refractivity (Wildman–Crippen MR) is 134 cm³/mol. The van der Waals surface area contributed by atoms with E-state index in [4.69, 9.17) is 14.2 Å². The van der Waals surface area contributed by atoms with Gasteiger partial charge in [-0.15, -0.1) is 0 Å². The molecular formula is C26H22N6O6. The number of aromatic nitrogens is 2. The van der Waals surface area contributed by atoms with Crippen molar-refractivity contribution in [3.05, 3.63) is 60.8 Å². The minimum atomic E-state index is -1.96. The molecule has 0 radical (unpaired) electrons. The van der Waals surface area contributed by atoms with Crippen molar-refractivity contribution in [3.63, 3.8) is 0 Å². The summed E-state index contributed by atoms with van der Waals surface area (Å²) < 4.78 is 18.4. The first-order valence-electron chi connectivity index (χ1n) is 11.6. The van der Waals surface area contributed by atoms with Crippen LogP contribution in [0.25, 0.3) is 10.9 Å². The number of imide groups is 2. The topological polar surface area (TPSA) is 157 Å². The second-order valence-electron chi connectivity index (χ2n) is 8.64. The van der Waals surface area contributed by atoms with Crippen LogP contribution in [0.2, 0.25) is 0 Å². The number of nitrogens with one attached hydrogen (secondary N) is 2. The number of hydrogen-bond acceptors (Lipinski definition) is 9. The summed E-state index contributed by atoms with van der Waals surface area (Å²) in [7, 11) is 1.43. The van der Waals surface area contributed by atoms with Gasteiger partial charge >= 0.3 is 6.03 Å². The lowest BCUT2D eigenvalue weighted by Crippen LogP contribution is -2.69. The summed E-state index contributed by atoms with van der Waals surface area (Å²) in [6.45, 7) is 0.324. The first-order chi connectivity index (χ1) is 18.4. The van der Waals surface area contributed by atoms with Gasteiger partial charge in [0.25, 0.3) is 17.4 Å². The van der Waals surface area contributed by atoms with Crippen LogP contribution in [-0.4, -0.2) is 59.7 Å². The Kier molecular flexibility index (Phi) is 6.36. The van der Waals surface area contributed by atoms with E-state index in [1.165, 1.54) is 7.11 Å². The molecular weight excluding hydrogens is 492 g/mol. The lowest BCUT2D eigenvalue weighted by Gasteiger charge is -2.34. The molecule has 1 aromatic heterocycles. The van der Waals surface area contributed by atoms with E-state index in [-0.39, 0.29) is 25.3 Å². The van der Waals surface area contributed by atoms with Gasteiger partial charge in [0.05, 0.1) is 30.9 Å². The molecule has 38 heavy (non-hydrogen) atoms. The molecule has 1 fully saturated rings. The number of barbiturate groups is 1. The fourth-order valence-electron chi connectivity index (χ4n) is 4.23. The minimum Gasteiger partial charge on any atom is -0.467 e. The number of aliphatic imine (C=N–C) groups is 1. The first-order valence-corrected chi connectivity index (χ1v) is 11.6. The number of carbonyl (C=O) groups is 3. The van der Waals surface area contributed by atoms with Crippen LogP contribution in [0.3, 0.4) is 0 Å². The number of carbonyl (C=O) groups excluding carboxylic acids is 3. The number of benzene rings is 2. The Labute approximate surface area is 216 Å². The summed E-state index contributed by atoms with van der Waals surface area (Å²) in [5.41, 5.74) is -2.19. The Morgan fingerprint density at radius 1 is 1.05 bits per heavy atom. The minimum absolute atomic E-state index is 0.0499. The zero-order chi connectivity index (χ0) is 26.8. The van der Waals surface area contributed by atoms with Gasteiger partial charge in [0, 0.05) is 25.1 Å². The number of allylic oxidation sites excluding steroid dienone is 1. The Morgan fingerprint density at radius 2 is 1.76 bits per heavy atom. The number of methoxy groups -OCH3 is 1. The van der Waals surface area contributed by atoms with Gasteiger partial charge in [-0.2, -0.15) is 10.4 Å². The van der Waals surface area contributed by atoms with Crippen molar-refractivity contribution in [2.45, 2.75) is 17.6 Å². The summed E-state index contributed by atoms with van der Waals surface area (Å²) >= 11 is 0. The smallest absolute Gasteiger partial charge is 0.328 e. The predicted octanol–water partition coefficient (Wildman–Crippen LogP) is 2.21. The lowest BCUT2D eigenvalue weighted by molar-refractivity contribution is -0.153. The van der Waals surface area contributed by atoms with Crippen LogP contribution in [0.5, 0.6) is 17.2 Å². The summed E-state index contributed by atoms with van der Waals surface area (Å²) in [5, 5.41) is 19.1. The van der Waals surface area contributed by atoms with E-state index < -0.39 is 29.0 Å². The van der Waals surface area contributed by atoms with Crippen LogP contribution in [0.15, 0.2) is 65.8 Å². The molecule has 1 atom stereocenters. The van der Waals surface area contributed by atoms with E-state index in [0.717, 1.165) is 10.9 Å². The molecule has 2 aliphatic rings. The molecule has 2 aromatic carbocycles. The lowest BCUT2D eigenvalue weighted by atomic mass is 9.95. The molecule has 0 bridgehead atoms. The van der Waals surface area contributed by atoms with Gasteiger partial charge in [0.2, 0.25) is 0 Å². The highest BCUT2D eigenvalue weighted by atomic mass is 16.5. The first kappa shape index (κ1) is 24.7. The summed E-state index contributed by atoms with van der Waals surface area (Å²) in [4.78, 5) is 40.9. The fraction of sp³-hybridized carbons (Fsp3) is 0.231. The van der Waals surface area contributed by atoms with Gasteiger partial charge in [-0.3, -0.25) is 25.2 Å². The Hall–Kier alpha value is -5.02. The molecule has 0 saturated carbocycles. The highest BCUT2D eigenvalue weighted by Gasteiger charge is 2.52. The molecule has 192 valence electrons. The quantitative estimate of drug-likeness (QED) is 0.433. The zero-order valence-electron chi connectivity index (χ0n) is 20.2. The van der Waals surface area contributed by atoms with Crippen LogP contribution in [-0.2, 0) is 19.9 Å². The van der Waals surface area contributed by atoms with Gasteiger partial charge in [-0.25, -0.2) is 9.48 Å². The van der Waals surface area contributed by atoms with Gasteiger partial charge in [0.15, 0.2) is 5.54 Å². The van der Waals surface area contributed by atoms with Crippen molar-refractivity contribution in [1.82, 2.24) is 20.4 Å². The number of nitrogens with zero attached hydrogens (tertiary/aromatic N) is 4. The molecule has 12 heteroatoms. The second kappa shape index (κ2) is 9.79. The fourth-order valence-corrected chi connectivity index (χ4v) is 4.23. The zero-order valence-corrected chi connectivity index (χ0v) is 20.2. The third-order valence-electron chi connectivity index (χ3n) is 6.20. The number of ether oxygens (including phenoxy) is 3. The average Bonchev–Trinajstić information content (AvgIpc) is 3.35. The van der Waals surface area contributed by atoms with Crippen molar-refractivity contribution in [1.29, 1.82) is 5.26 Å². The van der Waals surface area contributed by atoms with Crippen molar-refractivity contribution >= 4 is 35.0 Å². The molecule has 0 aliphatic carbocycles. The van der Waals surface area contributed by atoms with Crippen molar-refractivity contribution < 1.29 is 28.6 Å². The Morgan fingerprint density at radius 3 is 2.42 bits per heavy atom. The summed E-state index contributed by atoms with van der Waals surface area (Å²) in [5.74, 6) is -0.511. The van der Waals surface area contributed by atoms with E-state index in [1.807, 2.05) is 6.07 Å². The summed E-state index contributed by atoms with van der Waals surface area (Å²) in [6, 6.07) is 13.1. The molecule has 0 spiro atoms. The molecule has 5 rings (SSSR count). The van der Waals surface area contributed by atoms with E-state index >= 15 is 0 Å². The van der Waals surface area contributed by atoms with Crippen LogP contribution in [0, 0.1) is 11.3 Å². The standard InChI is InChI=1S/C26H22N6O6/c1-36-12-10-26(22(33)30-24(35)31-23(26)34)38-19-5-3-18(4-6-19)37-20-7-8-21-17(13-20)14-29-32(21)25(15-27)9-2-11-28-16-25/h2-9,11,13-14H,10,12,16H2,1H3,(H2,30,31,33,34,35). The van der Waals surface area contributed by atoms with E-state index in [2.05, 4.69) is 26.8 Å².